The lowest BCUT2D eigenvalue weighted by Gasteiger charge is -2.32. The average molecular weight is 475 g/mol. The van der Waals surface area contributed by atoms with E-state index in [4.69, 9.17) is 4.74 Å². The second-order valence-corrected chi connectivity index (χ2v) is 7.92. The predicted octanol–water partition coefficient (Wildman–Crippen LogP) is 4.97. The molecule has 9 heteroatoms. The highest BCUT2D eigenvalue weighted by Crippen LogP contribution is 2.29. The van der Waals surface area contributed by atoms with Gasteiger partial charge in [-0.3, -0.25) is 9.80 Å². The number of amides is 1. The smallest absolute Gasteiger partial charge is 0.387 e. The van der Waals surface area contributed by atoms with Gasteiger partial charge in [-0.2, -0.15) is 13.9 Å². The molecule has 34 heavy (non-hydrogen) atoms. The number of halogens is 2. The molecule has 0 spiro atoms. The van der Waals surface area contributed by atoms with Gasteiger partial charge in [0.1, 0.15) is 6.04 Å². The number of piperidine rings is 1. The fraction of sp³-hybridized carbons (Fsp3) is 0.440. The van der Waals surface area contributed by atoms with Crippen molar-refractivity contribution < 1.29 is 23.0 Å². The number of carbonyl (C=O) groups excluding carboxylic acids is 1. The number of hydrogen-bond donors (Lipinski definition) is 1. The Kier molecular flexibility index (Phi) is 9.07. The zero-order valence-corrected chi connectivity index (χ0v) is 19.8. The summed E-state index contributed by atoms with van der Waals surface area (Å²) in [5, 5.41) is 9.30. The summed E-state index contributed by atoms with van der Waals surface area (Å²) in [6, 6.07) is 12.0. The van der Waals surface area contributed by atoms with Crippen molar-refractivity contribution in [2.75, 3.05) is 37.0 Å². The van der Waals surface area contributed by atoms with Crippen molar-refractivity contribution in [3.8, 4) is 11.5 Å². The summed E-state index contributed by atoms with van der Waals surface area (Å²) in [5.74, 6) is 0.0351. The van der Waals surface area contributed by atoms with Crippen LogP contribution >= 0.6 is 0 Å². The first kappa shape index (κ1) is 25.3. The minimum absolute atomic E-state index is 0.0445. The van der Waals surface area contributed by atoms with Crippen LogP contribution in [0.2, 0.25) is 0 Å². The van der Waals surface area contributed by atoms with Gasteiger partial charge in [0.15, 0.2) is 11.5 Å². The summed E-state index contributed by atoms with van der Waals surface area (Å²) in [4.78, 5) is 15.3. The maximum absolute atomic E-state index is 13.0. The summed E-state index contributed by atoms with van der Waals surface area (Å²) < 4.78 is 34.7. The van der Waals surface area contributed by atoms with Gasteiger partial charge < -0.3 is 19.7 Å². The highest BCUT2D eigenvalue weighted by atomic mass is 19.3. The van der Waals surface area contributed by atoms with Crippen molar-refractivity contribution in [2.24, 2.45) is 5.10 Å². The van der Waals surface area contributed by atoms with Crippen LogP contribution in [0.15, 0.2) is 47.6 Å². The molecule has 1 saturated heterocycles. The largest absolute Gasteiger partial charge is 0.493 e. The SMILES string of the molecule is CCN(CC)c1ccc(NC(=O)C2CCCCN2/N=C/c2ccc(OC(F)F)c(OC)c2)cc1. The molecule has 184 valence electrons. The molecule has 0 bridgehead atoms. The van der Waals surface area contributed by atoms with E-state index in [0.717, 1.165) is 37.3 Å². The Morgan fingerprint density at radius 1 is 1.18 bits per heavy atom. The quantitative estimate of drug-likeness (QED) is 0.493. The second-order valence-electron chi connectivity index (χ2n) is 7.92. The molecule has 1 atom stereocenters. The Labute approximate surface area is 199 Å². The summed E-state index contributed by atoms with van der Waals surface area (Å²) in [6.45, 7) is 3.78. The van der Waals surface area contributed by atoms with E-state index in [1.54, 1.807) is 23.4 Å². The van der Waals surface area contributed by atoms with E-state index in [2.05, 4.69) is 33.9 Å². The Morgan fingerprint density at radius 2 is 1.91 bits per heavy atom. The van der Waals surface area contributed by atoms with E-state index in [9.17, 15) is 13.6 Å². The number of nitrogens with one attached hydrogen (secondary N) is 1. The van der Waals surface area contributed by atoms with Crippen molar-refractivity contribution in [2.45, 2.75) is 45.8 Å². The third-order valence-corrected chi connectivity index (χ3v) is 5.80. The molecule has 0 saturated carbocycles. The minimum Gasteiger partial charge on any atom is -0.493 e. The Balaban J connectivity index is 1.68. The Morgan fingerprint density at radius 3 is 2.56 bits per heavy atom. The number of hydrazone groups is 1. The molecule has 1 aliphatic rings. The number of nitrogens with zero attached hydrogens (tertiary/aromatic N) is 3. The zero-order valence-electron chi connectivity index (χ0n) is 19.8. The Hall–Kier alpha value is -3.36. The second kappa shape index (κ2) is 12.2. The Bertz CT molecular complexity index is 965. The predicted molar refractivity (Wildman–Crippen MR) is 130 cm³/mol. The van der Waals surface area contributed by atoms with Gasteiger partial charge in [-0.25, -0.2) is 0 Å². The van der Waals surface area contributed by atoms with Crippen LogP contribution in [0.1, 0.15) is 38.7 Å². The van der Waals surface area contributed by atoms with Gasteiger partial charge in [-0.05, 0) is 81.1 Å². The van der Waals surface area contributed by atoms with Gasteiger partial charge in [-0.15, -0.1) is 0 Å². The van der Waals surface area contributed by atoms with E-state index >= 15 is 0 Å². The first-order chi connectivity index (χ1) is 16.4. The lowest BCUT2D eigenvalue weighted by atomic mass is 10.0. The standard InChI is InChI=1S/C25H32F2N4O3/c1-4-30(5-2)20-12-10-19(11-13-20)29-24(32)21-8-6-7-15-31(21)28-17-18-9-14-22(34-25(26)27)23(16-18)33-3/h9-14,16-17,21,25H,4-8,15H2,1-3H3,(H,29,32)/b28-17+. The van der Waals surface area contributed by atoms with Gasteiger partial charge in [0.2, 0.25) is 5.91 Å². The number of methoxy groups -OCH3 is 1. The van der Waals surface area contributed by atoms with E-state index in [0.29, 0.717) is 18.5 Å². The minimum atomic E-state index is -2.94. The molecule has 2 aromatic carbocycles. The van der Waals surface area contributed by atoms with E-state index in [-0.39, 0.29) is 17.4 Å². The monoisotopic (exact) mass is 474 g/mol. The molecule has 0 radical (unpaired) electrons. The fourth-order valence-electron chi connectivity index (χ4n) is 3.99. The molecule has 1 heterocycles. The van der Waals surface area contributed by atoms with E-state index in [1.165, 1.54) is 13.2 Å². The number of ether oxygens (including phenoxy) is 2. The first-order valence-corrected chi connectivity index (χ1v) is 11.5. The third kappa shape index (κ3) is 6.59. The summed E-state index contributed by atoms with van der Waals surface area (Å²) in [7, 11) is 1.38. The summed E-state index contributed by atoms with van der Waals surface area (Å²) in [5.41, 5.74) is 2.51. The van der Waals surface area contributed by atoms with Crippen LogP contribution in [0, 0.1) is 0 Å². The average Bonchev–Trinajstić information content (AvgIpc) is 2.85. The number of anilines is 2. The molecule has 3 rings (SSSR count). The maximum atomic E-state index is 13.0. The van der Waals surface area contributed by atoms with Gasteiger partial charge in [0.25, 0.3) is 0 Å². The van der Waals surface area contributed by atoms with Crippen molar-refractivity contribution in [1.29, 1.82) is 0 Å². The molecular formula is C25H32F2N4O3. The lowest BCUT2D eigenvalue weighted by Crippen LogP contribution is -2.44. The van der Waals surface area contributed by atoms with Crippen LogP contribution in [-0.4, -0.2) is 56.5 Å². The van der Waals surface area contributed by atoms with Crippen LogP contribution in [0.25, 0.3) is 0 Å². The molecule has 1 fully saturated rings. The van der Waals surface area contributed by atoms with Crippen LogP contribution in [-0.2, 0) is 4.79 Å². The third-order valence-electron chi connectivity index (χ3n) is 5.80. The molecule has 1 amide bonds. The van der Waals surface area contributed by atoms with Crippen LogP contribution in [0.3, 0.4) is 0 Å². The number of carbonyl (C=O) groups is 1. The van der Waals surface area contributed by atoms with Crippen LogP contribution in [0.5, 0.6) is 11.5 Å². The van der Waals surface area contributed by atoms with Crippen molar-refractivity contribution in [1.82, 2.24) is 5.01 Å². The number of rotatable bonds is 10. The van der Waals surface area contributed by atoms with Gasteiger partial charge in [-0.1, -0.05) is 0 Å². The first-order valence-electron chi connectivity index (χ1n) is 11.5. The van der Waals surface area contributed by atoms with Crippen LogP contribution in [0.4, 0.5) is 20.2 Å². The molecule has 0 aliphatic carbocycles. The number of benzene rings is 2. The van der Waals surface area contributed by atoms with E-state index in [1.807, 2.05) is 24.3 Å². The molecule has 2 aromatic rings. The van der Waals surface area contributed by atoms with E-state index < -0.39 is 12.7 Å². The van der Waals surface area contributed by atoms with Gasteiger partial charge >= 0.3 is 6.61 Å². The number of hydrogen-bond acceptors (Lipinski definition) is 6. The van der Waals surface area contributed by atoms with Gasteiger partial charge in [0, 0.05) is 31.0 Å². The van der Waals surface area contributed by atoms with Crippen molar-refractivity contribution in [3.63, 3.8) is 0 Å². The van der Waals surface area contributed by atoms with Gasteiger partial charge in [0.05, 0.1) is 13.3 Å². The van der Waals surface area contributed by atoms with Crippen LogP contribution < -0.4 is 19.7 Å². The summed E-state index contributed by atoms with van der Waals surface area (Å²) in [6.07, 6.45) is 4.17. The zero-order chi connectivity index (χ0) is 24.5. The molecule has 7 nitrogen and oxygen atoms in total. The van der Waals surface area contributed by atoms with Crippen molar-refractivity contribution in [3.05, 3.63) is 48.0 Å². The fourth-order valence-corrected chi connectivity index (χ4v) is 3.99. The molecule has 1 aliphatic heterocycles. The normalized spacial score (nSPS) is 16.1. The molecule has 0 aromatic heterocycles. The molecular weight excluding hydrogens is 442 g/mol. The molecule has 1 N–H and O–H groups in total. The summed E-state index contributed by atoms with van der Waals surface area (Å²) >= 11 is 0. The highest BCUT2D eigenvalue weighted by molar-refractivity contribution is 5.95. The topological polar surface area (TPSA) is 66.4 Å². The van der Waals surface area contributed by atoms with Crippen molar-refractivity contribution >= 4 is 23.5 Å². The number of alkyl halides is 2. The molecule has 1 unspecified atom stereocenters. The maximum Gasteiger partial charge on any atom is 0.387 e. The lowest BCUT2D eigenvalue weighted by molar-refractivity contribution is -0.122. The highest BCUT2D eigenvalue weighted by Gasteiger charge is 2.28.